The van der Waals surface area contributed by atoms with Crippen LogP contribution < -0.4 is 5.73 Å². The highest BCUT2D eigenvalue weighted by Gasteiger charge is 2.31. The van der Waals surface area contributed by atoms with Crippen LogP contribution in [-0.2, 0) is 22.6 Å². The number of hydrogen-bond acceptors (Lipinski definition) is 7. The highest BCUT2D eigenvalue weighted by atomic mass is 16.5. The van der Waals surface area contributed by atoms with Gasteiger partial charge in [0.25, 0.3) is 5.91 Å². The number of nitrogens with two attached hydrogens (primary N) is 1. The second kappa shape index (κ2) is 9.61. The lowest BCUT2D eigenvalue weighted by molar-refractivity contribution is 0.0248. The van der Waals surface area contributed by atoms with E-state index >= 15 is 0 Å². The Kier molecular flexibility index (Phi) is 6.37. The highest BCUT2D eigenvalue weighted by molar-refractivity contribution is 5.99. The van der Waals surface area contributed by atoms with Crippen molar-refractivity contribution in [2.45, 2.75) is 52.0 Å². The quantitative estimate of drug-likeness (QED) is 0.595. The summed E-state index contributed by atoms with van der Waals surface area (Å²) >= 11 is 0. The Labute approximate surface area is 204 Å². The van der Waals surface area contributed by atoms with Gasteiger partial charge < -0.3 is 20.1 Å². The van der Waals surface area contributed by atoms with Gasteiger partial charge in [-0.2, -0.15) is 5.26 Å². The first-order valence-electron chi connectivity index (χ1n) is 12.0. The molecule has 35 heavy (non-hydrogen) atoms. The van der Waals surface area contributed by atoms with Gasteiger partial charge in [-0.25, -0.2) is 4.98 Å². The molecule has 2 aliphatic heterocycles. The monoisotopic (exact) mass is 471 g/mol. The minimum absolute atomic E-state index is 0.00171. The number of carbonyl (C=O) groups excluding carboxylic acids is 1. The molecule has 180 valence electrons. The van der Waals surface area contributed by atoms with Gasteiger partial charge >= 0.3 is 0 Å². The topological polar surface area (TPSA) is 114 Å². The van der Waals surface area contributed by atoms with E-state index in [1.165, 1.54) is 0 Å². The van der Waals surface area contributed by atoms with Gasteiger partial charge in [-0.15, -0.1) is 0 Å². The molecule has 3 aromatic rings. The smallest absolute Gasteiger partial charge is 0.254 e. The van der Waals surface area contributed by atoms with Crippen molar-refractivity contribution in [3.05, 3.63) is 64.5 Å². The van der Waals surface area contributed by atoms with Crippen LogP contribution in [0.4, 0.5) is 5.82 Å². The number of pyridine rings is 2. The van der Waals surface area contributed by atoms with Gasteiger partial charge in [0, 0.05) is 42.0 Å². The molecule has 2 aromatic heterocycles. The van der Waals surface area contributed by atoms with Crippen molar-refractivity contribution in [1.82, 2.24) is 14.9 Å². The van der Waals surface area contributed by atoms with Gasteiger partial charge in [0.1, 0.15) is 11.9 Å². The predicted molar refractivity (Wildman–Crippen MR) is 131 cm³/mol. The summed E-state index contributed by atoms with van der Waals surface area (Å²) in [7, 11) is 0. The van der Waals surface area contributed by atoms with Crippen LogP contribution in [0.5, 0.6) is 0 Å². The van der Waals surface area contributed by atoms with Crippen molar-refractivity contribution in [2.24, 2.45) is 5.92 Å². The molecule has 8 heteroatoms. The third-order valence-electron chi connectivity index (χ3n) is 7.28. The Hall–Kier alpha value is -3.54. The lowest BCUT2D eigenvalue weighted by atomic mass is 9.91. The number of hydrogen-bond donors (Lipinski definition) is 1. The molecule has 0 saturated carbocycles. The first-order chi connectivity index (χ1) is 17.0. The fourth-order valence-corrected chi connectivity index (χ4v) is 5.18. The van der Waals surface area contributed by atoms with Crippen LogP contribution in [0.25, 0.3) is 10.9 Å². The molecule has 2 atom stereocenters. The van der Waals surface area contributed by atoms with Crippen LogP contribution in [0.3, 0.4) is 0 Å². The molecule has 8 nitrogen and oxygen atoms in total. The van der Waals surface area contributed by atoms with Crippen LogP contribution in [0, 0.1) is 17.2 Å². The Morgan fingerprint density at radius 2 is 2.09 bits per heavy atom. The van der Waals surface area contributed by atoms with Crippen molar-refractivity contribution in [2.75, 3.05) is 18.9 Å². The minimum atomic E-state index is -0.117. The molecule has 1 amide bonds. The number of aromatic nitrogens is 2. The van der Waals surface area contributed by atoms with Crippen LogP contribution in [0.1, 0.15) is 65.5 Å². The van der Waals surface area contributed by atoms with E-state index in [0.717, 1.165) is 40.6 Å². The van der Waals surface area contributed by atoms with Crippen molar-refractivity contribution < 1.29 is 14.3 Å². The highest BCUT2D eigenvalue weighted by Crippen LogP contribution is 2.38. The number of amides is 1. The van der Waals surface area contributed by atoms with Gasteiger partial charge in [-0.1, -0.05) is 0 Å². The summed E-state index contributed by atoms with van der Waals surface area (Å²) in [6.07, 6.45) is 3.26. The van der Waals surface area contributed by atoms with E-state index < -0.39 is 0 Å². The SMILES string of the molecule is CC1OCc2c1c(N)nc1ccc(C(=O)N(Cc3ccc(C#N)cn3)C(C)C3CCOCC3)cc21. The lowest BCUT2D eigenvalue weighted by Gasteiger charge is -2.36. The Morgan fingerprint density at radius 1 is 1.29 bits per heavy atom. The van der Waals surface area contributed by atoms with Crippen molar-refractivity contribution in [1.29, 1.82) is 5.26 Å². The maximum absolute atomic E-state index is 14.0. The molecular formula is C27H29N5O3. The van der Waals surface area contributed by atoms with Crippen molar-refractivity contribution in [3.63, 3.8) is 0 Å². The Morgan fingerprint density at radius 3 is 2.80 bits per heavy atom. The van der Waals surface area contributed by atoms with E-state index in [9.17, 15) is 4.79 Å². The zero-order valence-electron chi connectivity index (χ0n) is 20.0. The molecular weight excluding hydrogens is 442 g/mol. The second-order valence-electron chi connectivity index (χ2n) is 9.35. The number of nitriles is 1. The maximum atomic E-state index is 14.0. The van der Waals surface area contributed by atoms with Gasteiger partial charge in [0.05, 0.1) is 36.0 Å². The van der Waals surface area contributed by atoms with Gasteiger partial charge in [-0.05, 0) is 68.5 Å². The molecule has 2 aliphatic rings. The van der Waals surface area contributed by atoms with Crippen molar-refractivity contribution in [3.8, 4) is 6.07 Å². The molecule has 0 radical (unpaired) electrons. The first-order valence-corrected chi connectivity index (χ1v) is 12.0. The fourth-order valence-electron chi connectivity index (χ4n) is 5.18. The van der Waals surface area contributed by atoms with Gasteiger partial charge in [0.2, 0.25) is 0 Å². The zero-order chi connectivity index (χ0) is 24.5. The number of nitrogens with zero attached hydrogens (tertiary/aromatic N) is 4. The average molecular weight is 472 g/mol. The van der Waals surface area contributed by atoms with E-state index in [-0.39, 0.29) is 18.1 Å². The summed E-state index contributed by atoms with van der Waals surface area (Å²) in [5.74, 6) is 0.763. The molecule has 2 unspecified atom stereocenters. The number of nitrogen functional groups attached to an aromatic ring is 1. The largest absolute Gasteiger partial charge is 0.383 e. The number of fused-ring (bicyclic) bond motifs is 3. The summed E-state index contributed by atoms with van der Waals surface area (Å²) in [5.41, 5.74) is 10.7. The molecule has 0 aliphatic carbocycles. The normalized spacial score (nSPS) is 18.7. The minimum Gasteiger partial charge on any atom is -0.383 e. The van der Waals surface area contributed by atoms with Gasteiger partial charge in [0.15, 0.2) is 0 Å². The molecule has 1 aromatic carbocycles. The van der Waals surface area contributed by atoms with Crippen LogP contribution in [0.2, 0.25) is 0 Å². The molecule has 0 bridgehead atoms. The van der Waals surface area contributed by atoms with E-state index in [1.807, 2.05) is 36.1 Å². The second-order valence-corrected chi connectivity index (χ2v) is 9.35. The predicted octanol–water partition coefficient (Wildman–Crippen LogP) is 4.13. The van der Waals surface area contributed by atoms with Crippen LogP contribution >= 0.6 is 0 Å². The van der Waals surface area contributed by atoms with E-state index in [4.69, 9.17) is 20.5 Å². The number of carbonyl (C=O) groups is 1. The molecule has 0 spiro atoms. The first kappa shape index (κ1) is 23.2. The van der Waals surface area contributed by atoms with E-state index in [0.29, 0.717) is 49.2 Å². The summed E-state index contributed by atoms with van der Waals surface area (Å²) in [6.45, 7) is 6.30. The maximum Gasteiger partial charge on any atom is 0.254 e. The number of rotatable bonds is 5. The molecule has 2 N–H and O–H groups in total. The van der Waals surface area contributed by atoms with Crippen LogP contribution in [-0.4, -0.2) is 40.0 Å². The van der Waals surface area contributed by atoms with Gasteiger partial charge in [-0.3, -0.25) is 9.78 Å². The number of ether oxygens (including phenoxy) is 2. The standard InChI is InChI=1S/C27H29N5O3/c1-16(19-7-9-34-10-8-19)32(14-21-5-3-18(12-28)13-30-21)27(33)20-4-6-24-22(11-20)23-15-35-17(2)25(23)26(29)31-24/h3-6,11,13,16-17,19H,7-10,14-15H2,1-2H3,(H2,29,31). The third kappa shape index (κ3) is 4.45. The van der Waals surface area contributed by atoms with Crippen LogP contribution in [0.15, 0.2) is 36.5 Å². The fraction of sp³-hybridized carbons (Fsp3) is 0.407. The summed E-state index contributed by atoms with van der Waals surface area (Å²) < 4.78 is 11.4. The molecule has 1 fully saturated rings. The lowest BCUT2D eigenvalue weighted by Crippen LogP contribution is -2.44. The zero-order valence-corrected chi connectivity index (χ0v) is 20.0. The van der Waals surface area contributed by atoms with E-state index in [1.54, 1.807) is 12.3 Å². The third-order valence-corrected chi connectivity index (χ3v) is 7.28. The molecule has 5 rings (SSSR count). The molecule has 4 heterocycles. The molecule has 1 saturated heterocycles. The van der Waals surface area contributed by atoms with E-state index in [2.05, 4.69) is 23.0 Å². The Balaban J connectivity index is 1.51. The Bertz CT molecular complexity index is 1290. The summed E-state index contributed by atoms with van der Waals surface area (Å²) in [6, 6.07) is 11.2. The average Bonchev–Trinajstić information content (AvgIpc) is 3.29. The van der Waals surface area contributed by atoms with Crippen molar-refractivity contribution >= 4 is 22.6 Å². The number of anilines is 1. The number of benzene rings is 1. The summed E-state index contributed by atoms with van der Waals surface area (Å²) in [5, 5.41) is 10.0. The summed E-state index contributed by atoms with van der Waals surface area (Å²) in [4.78, 5) is 24.9.